The number of rotatable bonds is 4. The molecule has 1 saturated heterocycles. The van der Waals surface area contributed by atoms with Crippen LogP contribution in [0.3, 0.4) is 0 Å². The smallest absolute Gasteiger partial charge is 0.390 e. The van der Waals surface area contributed by atoms with E-state index in [1.54, 1.807) is 7.05 Å². The Hall–Kier alpha value is -1.92. The van der Waals surface area contributed by atoms with Crippen LogP contribution in [0.4, 0.5) is 13.2 Å². The molecule has 1 fully saturated rings. The first-order valence-corrected chi connectivity index (χ1v) is 7.72. The molecule has 1 aliphatic heterocycles. The highest BCUT2D eigenvalue weighted by Crippen LogP contribution is 2.20. The van der Waals surface area contributed by atoms with Crippen molar-refractivity contribution in [2.75, 3.05) is 26.7 Å². The van der Waals surface area contributed by atoms with Gasteiger partial charge in [-0.1, -0.05) is 18.2 Å². The van der Waals surface area contributed by atoms with E-state index >= 15 is 0 Å². The molecule has 0 spiro atoms. The van der Waals surface area contributed by atoms with Crippen LogP contribution in [0.15, 0.2) is 35.3 Å². The first-order valence-electron chi connectivity index (χ1n) is 7.72. The quantitative estimate of drug-likeness (QED) is 0.681. The van der Waals surface area contributed by atoms with E-state index in [0.29, 0.717) is 19.0 Å². The molecule has 0 radical (unpaired) electrons. The minimum atomic E-state index is -4.15. The highest BCUT2D eigenvalue weighted by atomic mass is 19.4. The Bertz CT molecular complexity index is 497. The van der Waals surface area contributed by atoms with Gasteiger partial charge in [-0.15, -0.1) is 0 Å². The molecule has 4 nitrogen and oxygen atoms in total. The van der Waals surface area contributed by atoms with Gasteiger partial charge in [0.2, 0.25) is 0 Å². The van der Waals surface area contributed by atoms with Crippen LogP contribution in [0.5, 0.6) is 5.75 Å². The van der Waals surface area contributed by atoms with E-state index < -0.39 is 12.6 Å². The third-order valence-electron chi connectivity index (χ3n) is 3.69. The Morgan fingerprint density at radius 3 is 2.48 bits per heavy atom. The Morgan fingerprint density at radius 1 is 1.26 bits per heavy atom. The zero-order chi connectivity index (χ0) is 16.7. The van der Waals surface area contributed by atoms with Gasteiger partial charge in [-0.05, 0) is 12.1 Å². The summed E-state index contributed by atoms with van der Waals surface area (Å²) in [7, 11) is 1.59. The third-order valence-corrected chi connectivity index (χ3v) is 3.69. The van der Waals surface area contributed by atoms with Gasteiger partial charge in [0.25, 0.3) is 0 Å². The number of nitrogens with one attached hydrogen (secondary N) is 1. The van der Waals surface area contributed by atoms with Crippen LogP contribution in [-0.4, -0.2) is 49.8 Å². The summed E-state index contributed by atoms with van der Waals surface area (Å²) in [6.45, 7) is 1.27. The molecule has 1 aromatic carbocycles. The van der Waals surface area contributed by atoms with Crippen molar-refractivity contribution in [3.63, 3.8) is 0 Å². The first kappa shape index (κ1) is 17.4. The molecule has 0 bridgehead atoms. The molecule has 1 aliphatic rings. The fraction of sp³-hybridized carbons (Fsp3) is 0.562. The summed E-state index contributed by atoms with van der Waals surface area (Å²) in [5.41, 5.74) is 0. The number of alkyl halides is 3. The maximum absolute atomic E-state index is 12.2. The number of aliphatic imine (C=N–C) groups is 1. The van der Waals surface area contributed by atoms with Gasteiger partial charge in [0.1, 0.15) is 11.9 Å². The lowest BCUT2D eigenvalue weighted by Crippen LogP contribution is -2.48. The van der Waals surface area contributed by atoms with Crippen LogP contribution in [-0.2, 0) is 0 Å². The van der Waals surface area contributed by atoms with E-state index in [1.165, 1.54) is 0 Å². The predicted octanol–water partition coefficient (Wildman–Crippen LogP) is 3.06. The lowest BCUT2D eigenvalue weighted by atomic mass is 10.1. The van der Waals surface area contributed by atoms with Crippen molar-refractivity contribution in [3.8, 4) is 5.75 Å². The lowest BCUT2D eigenvalue weighted by molar-refractivity contribution is -0.132. The summed E-state index contributed by atoms with van der Waals surface area (Å²) in [5.74, 6) is 1.37. The second-order valence-electron chi connectivity index (χ2n) is 5.46. The second-order valence-corrected chi connectivity index (χ2v) is 5.46. The number of hydrogen-bond acceptors (Lipinski definition) is 2. The van der Waals surface area contributed by atoms with Gasteiger partial charge in [0.15, 0.2) is 5.96 Å². The number of nitrogens with zero attached hydrogens (tertiary/aromatic N) is 2. The molecule has 7 heteroatoms. The Labute approximate surface area is 134 Å². The zero-order valence-corrected chi connectivity index (χ0v) is 13.1. The van der Waals surface area contributed by atoms with Gasteiger partial charge in [-0.25, -0.2) is 0 Å². The SMILES string of the molecule is CN=C(NCCC(F)(F)F)N1CCC(Oc2ccccc2)CC1. The third kappa shape index (κ3) is 6.00. The summed E-state index contributed by atoms with van der Waals surface area (Å²) in [4.78, 5) is 6.04. The van der Waals surface area contributed by atoms with Crippen LogP contribution in [0.2, 0.25) is 0 Å². The van der Waals surface area contributed by atoms with Gasteiger partial charge < -0.3 is 15.0 Å². The molecule has 1 aromatic rings. The van der Waals surface area contributed by atoms with E-state index in [2.05, 4.69) is 10.3 Å². The number of benzene rings is 1. The average Bonchev–Trinajstić information content (AvgIpc) is 2.53. The molecule has 2 rings (SSSR count). The normalized spacial score (nSPS) is 17.2. The Kier molecular flexibility index (Phi) is 6.12. The van der Waals surface area contributed by atoms with Crippen LogP contribution in [0, 0.1) is 0 Å². The van der Waals surface area contributed by atoms with Crippen molar-refractivity contribution in [1.82, 2.24) is 10.2 Å². The van der Waals surface area contributed by atoms with Gasteiger partial charge >= 0.3 is 6.18 Å². The number of ether oxygens (including phenoxy) is 1. The molecule has 0 unspecified atom stereocenters. The van der Waals surface area contributed by atoms with Crippen LogP contribution in [0.25, 0.3) is 0 Å². The van der Waals surface area contributed by atoms with Crippen molar-refractivity contribution in [3.05, 3.63) is 30.3 Å². The van der Waals surface area contributed by atoms with E-state index in [0.717, 1.165) is 18.6 Å². The summed E-state index contributed by atoms with van der Waals surface area (Å²) in [6, 6.07) is 9.63. The lowest BCUT2D eigenvalue weighted by Gasteiger charge is -2.34. The number of halogens is 3. The van der Waals surface area contributed by atoms with Crippen molar-refractivity contribution in [2.45, 2.75) is 31.5 Å². The van der Waals surface area contributed by atoms with Crippen molar-refractivity contribution in [2.24, 2.45) is 4.99 Å². The van der Waals surface area contributed by atoms with E-state index in [9.17, 15) is 13.2 Å². The minimum Gasteiger partial charge on any atom is -0.490 e. The minimum absolute atomic E-state index is 0.127. The van der Waals surface area contributed by atoms with Crippen molar-refractivity contribution < 1.29 is 17.9 Å². The molecule has 0 saturated carbocycles. The molecule has 128 valence electrons. The molecule has 0 aliphatic carbocycles. The number of likely N-dealkylation sites (tertiary alicyclic amines) is 1. The van der Waals surface area contributed by atoms with Gasteiger partial charge in [0, 0.05) is 39.5 Å². The van der Waals surface area contributed by atoms with Gasteiger partial charge in [-0.3, -0.25) is 4.99 Å². The van der Waals surface area contributed by atoms with E-state index in [4.69, 9.17) is 4.74 Å². The van der Waals surface area contributed by atoms with Crippen molar-refractivity contribution >= 4 is 5.96 Å². The molecule has 1 N–H and O–H groups in total. The highest BCUT2D eigenvalue weighted by Gasteiger charge is 2.27. The monoisotopic (exact) mass is 329 g/mol. The fourth-order valence-corrected chi connectivity index (χ4v) is 2.53. The number of para-hydroxylation sites is 1. The molecule has 0 atom stereocenters. The van der Waals surface area contributed by atoms with Crippen molar-refractivity contribution in [1.29, 1.82) is 0 Å². The highest BCUT2D eigenvalue weighted by molar-refractivity contribution is 5.79. The van der Waals surface area contributed by atoms with E-state index in [-0.39, 0.29) is 12.6 Å². The number of piperidine rings is 1. The summed E-state index contributed by atoms with van der Waals surface area (Å²) in [5, 5.41) is 2.78. The topological polar surface area (TPSA) is 36.9 Å². The standard InChI is InChI=1S/C16H22F3N3O/c1-20-15(21-10-9-16(17,18)19)22-11-7-14(8-12-22)23-13-5-3-2-4-6-13/h2-6,14H,7-12H2,1H3,(H,20,21). The number of guanidine groups is 1. The largest absolute Gasteiger partial charge is 0.490 e. The first-order chi connectivity index (χ1) is 11.0. The molecule has 23 heavy (non-hydrogen) atoms. The maximum Gasteiger partial charge on any atom is 0.390 e. The summed E-state index contributed by atoms with van der Waals surface area (Å²) < 4.78 is 42.5. The Morgan fingerprint density at radius 2 is 1.91 bits per heavy atom. The van der Waals surface area contributed by atoms with Crippen LogP contribution < -0.4 is 10.1 Å². The van der Waals surface area contributed by atoms with Crippen LogP contribution in [0.1, 0.15) is 19.3 Å². The predicted molar refractivity (Wildman–Crippen MR) is 83.7 cm³/mol. The van der Waals surface area contributed by atoms with E-state index in [1.807, 2.05) is 35.2 Å². The molecule has 0 aromatic heterocycles. The number of hydrogen-bond donors (Lipinski definition) is 1. The molecule has 0 amide bonds. The molecular formula is C16H22F3N3O. The molecule has 1 heterocycles. The van der Waals surface area contributed by atoms with Gasteiger partial charge in [-0.2, -0.15) is 13.2 Å². The summed E-state index contributed by atoms with van der Waals surface area (Å²) in [6.07, 6.45) is -3.26. The van der Waals surface area contributed by atoms with Crippen LogP contribution >= 0.6 is 0 Å². The molecular weight excluding hydrogens is 307 g/mol. The Balaban J connectivity index is 1.76. The maximum atomic E-state index is 12.2. The second kappa shape index (κ2) is 8.08. The average molecular weight is 329 g/mol. The fourth-order valence-electron chi connectivity index (χ4n) is 2.53. The summed E-state index contributed by atoms with van der Waals surface area (Å²) >= 11 is 0. The van der Waals surface area contributed by atoms with Gasteiger partial charge in [0.05, 0.1) is 6.42 Å². The zero-order valence-electron chi connectivity index (χ0n) is 13.1.